The van der Waals surface area contributed by atoms with Crippen LogP contribution in [0.4, 0.5) is 0 Å². The summed E-state index contributed by atoms with van der Waals surface area (Å²) in [5.74, 6) is 0.309. The van der Waals surface area contributed by atoms with Crippen molar-refractivity contribution in [1.29, 1.82) is 0 Å². The number of nitrogens with one attached hydrogen (secondary N) is 1. The summed E-state index contributed by atoms with van der Waals surface area (Å²) in [6.45, 7) is 4.16. The van der Waals surface area contributed by atoms with Crippen LogP contribution in [0.25, 0.3) is 11.3 Å². The van der Waals surface area contributed by atoms with Crippen LogP contribution in [0.3, 0.4) is 0 Å². The van der Waals surface area contributed by atoms with Crippen molar-refractivity contribution >= 4 is 17.5 Å². The van der Waals surface area contributed by atoms with Crippen molar-refractivity contribution in [3.8, 4) is 11.3 Å². The van der Waals surface area contributed by atoms with Crippen molar-refractivity contribution in [2.45, 2.75) is 13.0 Å². The Bertz CT molecular complexity index is 656. The average Bonchev–Trinajstić information content (AvgIpc) is 2.96. The Morgan fingerprint density at radius 2 is 2.29 bits per heavy atom. The van der Waals surface area contributed by atoms with Crippen LogP contribution >= 0.6 is 11.6 Å². The summed E-state index contributed by atoms with van der Waals surface area (Å²) in [7, 11) is 0. The first-order valence-corrected chi connectivity index (χ1v) is 7.25. The number of hydrogen-bond acceptors (Lipinski definition) is 4. The molecule has 1 N–H and O–H groups in total. The van der Waals surface area contributed by atoms with Gasteiger partial charge in [0.05, 0.1) is 5.02 Å². The minimum atomic E-state index is -0.119. The van der Waals surface area contributed by atoms with Gasteiger partial charge in [0.25, 0.3) is 5.91 Å². The van der Waals surface area contributed by atoms with Gasteiger partial charge in [-0.15, -0.1) is 0 Å². The summed E-state index contributed by atoms with van der Waals surface area (Å²) in [5, 5.41) is 3.85. The maximum Gasteiger partial charge on any atom is 0.276 e. The first-order valence-electron chi connectivity index (χ1n) is 6.88. The van der Waals surface area contributed by atoms with E-state index in [0.29, 0.717) is 35.1 Å². The molecule has 1 fully saturated rings. The molecular weight excluding hydrogens is 290 g/mol. The molecule has 1 saturated heterocycles. The van der Waals surface area contributed by atoms with Gasteiger partial charge in [-0.25, -0.2) is 4.98 Å². The standard InChI is InChI=1S/C15H16ClN3O2/c1-10-8-19(7-6-17-10)15(20)13-14(21-9-18-13)11-4-2-3-5-12(11)16/h2-5,9-10,17H,6-8H2,1H3/t10-/m0/s1. The molecule has 1 aliphatic rings. The quantitative estimate of drug-likeness (QED) is 0.926. The molecule has 2 heterocycles. The zero-order valence-corrected chi connectivity index (χ0v) is 12.4. The monoisotopic (exact) mass is 305 g/mol. The smallest absolute Gasteiger partial charge is 0.276 e. The van der Waals surface area contributed by atoms with Crippen LogP contribution in [-0.2, 0) is 0 Å². The van der Waals surface area contributed by atoms with E-state index in [1.165, 1.54) is 6.39 Å². The Hall–Kier alpha value is -1.85. The number of carbonyl (C=O) groups is 1. The maximum atomic E-state index is 12.6. The predicted octanol–water partition coefficient (Wildman–Crippen LogP) is 2.43. The lowest BCUT2D eigenvalue weighted by Crippen LogP contribution is -2.51. The second kappa shape index (κ2) is 5.87. The molecular formula is C15H16ClN3O2. The predicted molar refractivity (Wildman–Crippen MR) is 80.3 cm³/mol. The first kappa shape index (κ1) is 14.1. The zero-order valence-electron chi connectivity index (χ0n) is 11.7. The normalized spacial score (nSPS) is 18.8. The molecule has 0 bridgehead atoms. The fraction of sp³-hybridized carbons (Fsp3) is 0.333. The van der Waals surface area contributed by atoms with Crippen molar-refractivity contribution in [3.63, 3.8) is 0 Å². The van der Waals surface area contributed by atoms with E-state index in [0.717, 1.165) is 6.54 Å². The van der Waals surface area contributed by atoms with E-state index in [9.17, 15) is 4.79 Å². The van der Waals surface area contributed by atoms with E-state index in [1.54, 1.807) is 11.0 Å². The molecule has 0 spiro atoms. The molecule has 0 radical (unpaired) electrons. The third-order valence-corrected chi connectivity index (χ3v) is 3.87. The van der Waals surface area contributed by atoms with Crippen molar-refractivity contribution in [2.75, 3.05) is 19.6 Å². The fourth-order valence-corrected chi connectivity index (χ4v) is 2.72. The number of carbonyl (C=O) groups excluding carboxylic acids is 1. The lowest BCUT2D eigenvalue weighted by molar-refractivity contribution is 0.0704. The van der Waals surface area contributed by atoms with Gasteiger partial charge < -0.3 is 14.6 Å². The van der Waals surface area contributed by atoms with Crippen LogP contribution in [0, 0.1) is 0 Å². The van der Waals surface area contributed by atoms with Gasteiger partial charge in [-0.1, -0.05) is 23.7 Å². The molecule has 110 valence electrons. The van der Waals surface area contributed by atoms with Gasteiger partial charge in [0, 0.05) is 31.2 Å². The molecule has 0 aliphatic carbocycles. The molecule has 1 atom stereocenters. The molecule has 1 amide bonds. The zero-order chi connectivity index (χ0) is 14.8. The van der Waals surface area contributed by atoms with Crippen LogP contribution in [0.15, 0.2) is 35.1 Å². The highest BCUT2D eigenvalue weighted by atomic mass is 35.5. The molecule has 21 heavy (non-hydrogen) atoms. The molecule has 0 unspecified atom stereocenters. The van der Waals surface area contributed by atoms with Gasteiger partial charge in [-0.05, 0) is 19.1 Å². The molecule has 1 aliphatic heterocycles. The summed E-state index contributed by atoms with van der Waals surface area (Å²) < 4.78 is 5.41. The number of rotatable bonds is 2. The Balaban J connectivity index is 1.92. The number of aromatic nitrogens is 1. The lowest BCUT2D eigenvalue weighted by atomic mass is 10.1. The van der Waals surface area contributed by atoms with Gasteiger partial charge in [0.15, 0.2) is 17.8 Å². The van der Waals surface area contributed by atoms with Crippen LogP contribution in [0.2, 0.25) is 5.02 Å². The van der Waals surface area contributed by atoms with Gasteiger partial charge in [0.1, 0.15) is 0 Å². The molecule has 1 aromatic heterocycles. The van der Waals surface area contributed by atoms with E-state index in [1.807, 2.05) is 18.2 Å². The minimum absolute atomic E-state index is 0.119. The SMILES string of the molecule is C[C@H]1CN(C(=O)c2ncoc2-c2ccccc2Cl)CCN1. The number of piperazine rings is 1. The molecule has 2 aromatic rings. The van der Waals surface area contributed by atoms with Crippen LogP contribution in [0.1, 0.15) is 17.4 Å². The number of amides is 1. The molecule has 3 rings (SSSR count). The topological polar surface area (TPSA) is 58.4 Å². The summed E-state index contributed by atoms with van der Waals surface area (Å²) in [6, 6.07) is 7.55. The van der Waals surface area contributed by atoms with Crippen molar-refractivity contribution in [3.05, 3.63) is 41.4 Å². The van der Waals surface area contributed by atoms with Crippen molar-refractivity contribution in [2.24, 2.45) is 0 Å². The number of halogens is 1. The van der Waals surface area contributed by atoms with E-state index in [-0.39, 0.29) is 11.9 Å². The van der Waals surface area contributed by atoms with Gasteiger partial charge in [0.2, 0.25) is 0 Å². The van der Waals surface area contributed by atoms with Gasteiger partial charge in [-0.2, -0.15) is 0 Å². The Kier molecular flexibility index (Phi) is 3.94. The molecule has 6 heteroatoms. The summed E-state index contributed by atoms with van der Waals surface area (Å²) in [6.07, 6.45) is 1.29. The number of oxazole rings is 1. The highest BCUT2D eigenvalue weighted by molar-refractivity contribution is 6.33. The molecule has 1 aromatic carbocycles. The van der Waals surface area contributed by atoms with Crippen molar-refractivity contribution < 1.29 is 9.21 Å². The van der Waals surface area contributed by atoms with Crippen LogP contribution in [0.5, 0.6) is 0 Å². The summed E-state index contributed by atoms with van der Waals surface area (Å²) in [5.41, 5.74) is 1.00. The molecule has 5 nitrogen and oxygen atoms in total. The van der Waals surface area contributed by atoms with Crippen molar-refractivity contribution in [1.82, 2.24) is 15.2 Å². The number of hydrogen-bond donors (Lipinski definition) is 1. The molecule has 0 saturated carbocycles. The van der Waals surface area contributed by atoms with Gasteiger partial charge >= 0.3 is 0 Å². The average molecular weight is 306 g/mol. The minimum Gasteiger partial charge on any atom is -0.443 e. The number of nitrogens with zero attached hydrogens (tertiary/aromatic N) is 2. The fourth-order valence-electron chi connectivity index (χ4n) is 2.50. The van der Waals surface area contributed by atoms with E-state index >= 15 is 0 Å². The third-order valence-electron chi connectivity index (χ3n) is 3.54. The summed E-state index contributed by atoms with van der Waals surface area (Å²) >= 11 is 6.18. The Morgan fingerprint density at radius 1 is 1.48 bits per heavy atom. The second-order valence-corrected chi connectivity index (χ2v) is 5.52. The highest BCUT2D eigenvalue weighted by Gasteiger charge is 2.27. The first-order chi connectivity index (χ1) is 10.2. The van der Waals surface area contributed by atoms with Gasteiger partial charge in [-0.3, -0.25) is 4.79 Å². The highest BCUT2D eigenvalue weighted by Crippen LogP contribution is 2.30. The van der Waals surface area contributed by atoms with E-state index in [2.05, 4.69) is 17.2 Å². The van der Waals surface area contributed by atoms with E-state index in [4.69, 9.17) is 16.0 Å². The second-order valence-electron chi connectivity index (χ2n) is 5.12. The largest absolute Gasteiger partial charge is 0.443 e. The Labute approximate surface area is 127 Å². The van der Waals surface area contributed by atoms with E-state index < -0.39 is 0 Å². The van der Waals surface area contributed by atoms with Crippen LogP contribution in [-0.4, -0.2) is 41.5 Å². The Morgan fingerprint density at radius 3 is 3.05 bits per heavy atom. The lowest BCUT2D eigenvalue weighted by Gasteiger charge is -2.31. The number of benzene rings is 1. The summed E-state index contributed by atoms with van der Waals surface area (Å²) in [4.78, 5) is 18.5. The van der Waals surface area contributed by atoms with Crippen LogP contribution < -0.4 is 5.32 Å². The third kappa shape index (κ3) is 2.80. The maximum absolute atomic E-state index is 12.6.